The van der Waals surface area contributed by atoms with Gasteiger partial charge in [0.15, 0.2) is 0 Å². The Morgan fingerprint density at radius 2 is 1.87 bits per heavy atom. The number of benzene rings is 3. The first-order valence-electron chi connectivity index (χ1n) is 9.32. The van der Waals surface area contributed by atoms with Crippen LogP contribution in [0.25, 0.3) is 0 Å². The molecule has 30 heavy (non-hydrogen) atoms. The minimum absolute atomic E-state index is 0.0817. The summed E-state index contributed by atoms with van der Waals surface area (Å²) in [5.41, 5.74) is 3.33. The Morgan fingerprint density at radius 3 is 2.63 bits per heavy atom. The number of nitro benzene ring substituents is 1. The van der Waals surface area contributed by atoms with Crippen molar-refractivity contribution in [3.05, 3.63) is 104 Å². The normalized spacial score (nSPS) is 19.5. The number of halogens is 2. The Balaban J connectivity index is 1.62. The van der Waals surface area contributed by atoms with Crippen LogP contribution < -0.4 is 4.74 Å². The molecule has 0 aliphatic carbocycles. The van der Waals surface area contributed by atoms with Gasteiger partial charge in [0.1, 0.15) is 10.8 Å². The van der Waals surface area contributed by atoms with Crippen LogP contribution in [0.4, 0.5) is 5.69 Å². The molecule has 2 atom stereocenters. The zero-order valence-electron chi connectivity index (χ0n) is 15.5. The molecule has 2 aliphatic rings. The van der Waals surface area contributed by atoms with E-state index >= 15 is 0 Å². The Hall–Kier alpha value is -3.09. The maximum absolute atomic E-state index is 11.4. The predicted molar refractivity (Wildman–Crippen MR) is 115 cm³/mol. The summed E-state index contributed by atoms with van der Waals surface area (Å²) >= 11 is 12.3. The molecule has 0 amide bonds. The van der Waals surface area contributed by atoms with Crippen LogP contribution >= 0.6 is 23.2 Å². The quantitative estimate of drug-likeness (QED) is 0.362. The van der Waals surface area contributed by atoms with E-state index in [0.29, 0.717) is 22.8 Å². The van der Waals surface area contributed by atoms with Crippen molar-refractivity contribution >= 4 is 34.6 Å². The summed E-state index contributed by atoms with van der Waals surface area (Å²) in [6.45, 7) is 0. The van der Waals surface area contributed by atoms with Crippen molar-refractivity contribution in [3.8, 4) is 5.75 Å². The van der Waals surface area contributed by atoms with Gasteiger partial charge in [0.25, 0.3) is 5.69 Å². The first kappa shape index (κ1) is 18.9. The fourth-order valence-electron chi connectivity index (χ4n) is 3.91. The van der Waals surface area contributed by atoms with Crippen LogP contribution in [0.15, 0.2) is 71.8 Å². The van der Waals surface area contributed by atoms with Crippen LogP contribution in [0.5, 0.6) is 5.75 Å². The van der Waals surface area contributed by atoms with E-state index in [1.807, 2.05) is 47.5 Å². The van der Waals surface area contributed by atoms with Crippen molar-refractivity contribution in [3.63, 3.8) is 0 Å². The highest BCUT2D eigenvalue weighted by Crippen LogP contribution is 2.48. The van der Waals surface area contributed by atoms with Crippen LogP contribution in [0.1, 0.15) is 35.4 Å². The predicted octanol–water partition coefficient (Wildman–Crippen LogP) is 6.14. The molecule has 0 saturated carbocycles. The second-order valence-corrected chi connectivity index (χ2v) is 7.98. The van der Waals surface area contributed by atoms with E-state index in [2.05, 4.69) is 0 Å². The van der Waals surface area contributed by atoms with Crippen LogP contribution in [0.2, 0.25) is 10.0 Å². The smallest absolute Gasteiger partial charge is 0.288 e. The fourth-order valence-corrected chi connectivity index (χ4v) is 4.27. The summed E-state index contributed by atoms with van der Waals surface area (Å²) in [5, 5.41) is 18.8. The van der Waals surface area contributed by atoms with Gasteiger partial charge in [-0.2, -0.15) is 5.10 Å². The molecule has 2 heterocycles. The van der Waals surface area contributed by atoms with Crippen LogP contribution in [0, 0.1) is 10.1 Å². The minimum atomic E-state index is -0.624. The maximum Gasteiger partial charge on any atom is 0.288 e. The molecule has 6 nitrogen and oxygen atoms in total. The lowest BCUT2D eigenvalue weighted by Gasteiger charge is -2.38. The van der Waals surface area contributed by atoms with Crippen LogP contribution in [0.3, 0.4) is 0 Å². The van der Waals surface area contributed by atoms with Gasteiger partial charge in [0.05, 0.1) is 16.7 Å². The van der Waals surface area contributed by atoms with Gasteiger partial charge < -0.3 is 4.74 Å². The number of hydrazone groups is 1. The monoisotopic (exact) mass is 439 g/mol. The molecule has 0 radical (unpaired) electrons. The van der Waals surface area contributed by atoms with Crippen molar-refractivity contribution in [1.29, 1.82) is 0 Å². The number of rotatable bonds is 3. The zero-order valence-corrected chi connectivity index (χ0v) is 17.0. The standard InChI is InChI=1S/C22H15Cl2N3O3/c23-15-7-9-21-16(11-15)19-12-18(13-4-2-1-3-5-13)25-26(19)22(30-21)14-6-8-17(24)20(10-14)27(28)29/h1-11,19,22H,12H2. The lowest BCUT2D eigenvalue weighted by molar-refractivity contribution is -0.384. The second kappa shape index (κ2) is 7.31. The van der Waals surface area contributed by atoms with Crippen molar-refractivity contribution in [2.45, 2.75) is 18.7 Å². The third-order valence-corrected chi connectivity index (χ3v) is 5.87. The molecule has 0 fully saturated rings. The molecule has 3 aromatic rings. The molecule has 0 N–H and O–H groups in total. The molecule has 0 spiro atoms. The van der Waals surface area contributed by atoms with Gasteiger partial charge in [-0.1, -0.05) is 59.6 Å². The van der Waals surface area contributed by atoms with Gasteiger partial charge in [-0.3, -0.25) is 10.1 Å². The molecule has 150 valence electrons. The van der Waals surface area contributed by atoms with E-state index < -0.39 is 11.2 Å². The highest BCUT2D eigenvalue weighted by Gasteiger charge is 2.41. The first-order valence-corrected chi connectivity index (χ1v) is 10.1. The minimum Gasteiger partial charge on any atom is -0.464 e. The highest BCUT2D eigenvalue weighted by atomic mass is 35.5. The summed E-state index contributed by atoms with van der Waals surface area (Å²) in [7, 11) is 0. The number of hydrogen-bond acceptors (Lipinski definition) is 5. The van der Waals surface area contributed by atoms with Crippen molar-refractivity contribution < 1.29 is 9.66 Å². The Morgan fingerprint density at radius 1 is 1.07 bits per heavy atom. The molecular formula is C22H15Cl2N3O3. The zero-order chi connectivity index (χ0) is 20.8. The number of nitrogens with zero attached hydrogens (tertiary/aromatic N) is 3. The summed E-state index contributed by atoms with van der Waals surface area (Å²) in [5.74, 6) is 0.688. The van der Waals surface area contributed by atoms with E-state index in [0.717, 1.165) is 16.8 Å². The van der Waals surface area contributed by atoms with Gasteiger partial charge in [0.2, 0.25) is 6.23 Å². The fraction of sp³-hybridized carbons (Fsp3) is 0.136. The number of nitro groups is 1. The molecule has 8 heteroatoms. The van der Waals surface area contributed by atoms with Crippen molar-refractivity contribution in [2.24, 2.45) is 5.10 Å². The van der Waals surface area contributed by atoms with Gasteiger partial charge >= 0.3 is 0 Å². The number of hydrogen-bond donors (Lipinski definition) is 0. The second-order valence-electron chi connectivity index (χ2n) is 7.13. The largest absolute Gasteiger partial charge is 0.464 e. The molecule has 0 bridgehead atoms. The molecule has 0 aromatic heterocycles. The van der Waals surface area contributed by atoms with E-state index in [9.17, 15) is 10.1 Å². The summed E-state index contributed by atoms with van der Waals surface area (Å²) < 4.78 is 6.24. The SMILES string of the molecule is O=[N+]([O-])c1cc(C2Oc3ccc(Cl)cc3C3CC(c4ccccc4)=NN32)ccc1Cl. The maximum atomic E-state index is 11.4. The first-order chi connectivity index (χ1) is 14.5. The Kier molecular flexibility index (Phi) is 4.60. The number of fused-ring (bicyclic) bond motifs is 3. The molecule has 2 unspecified atom stereocenters. The lowest BCUT2D eigenvalue weighted by atomic mass is 9.96. The molecule has 0 saturated heterocycles. The third-order valence-electron chi connectivity index (χ3n) is 5.31. The molecule has 2 aliphatic heterocycles. The van der Waals surface area contributed by atoms with E-state index in [4.69, 9.17) is 33.0 Å². The summed E-state index contributed by atoms with van der Waals surface area (Å²) in [6.07, 6.45) is 0.0493. The average Bonchev–Trinajstić information content (AvgIpc) is 3.20. The van der Waals surface area contributed by atoms with Gasteiger partial charge in [-0.25, -0.2) is 5.01 Å². The van der Waals surface area contributed by atoms with Gasteiger partial charge in [-0.15, -0.1) is 0 Å². The average molecular weight is 440 g/mol. The Labute approximate surface area is 182 Å². The number of ether oxygens (including phenoxy) is 1. The van der Waals surface area contributed by atoms with Crippen molar-refractivity contribution in [2.75, 3.05) is 0 Å². The summed E-state index contributed by atoms with van der Waals surface area (Å²) in [4.78, 5) is 10.9. The topological polar surface area (TPSA) is 68.0 Å². The third kappa shape index (κ3) is 3.18. The van der Waals surface area contributed by atoms with Gasteiger partial charge in [0, 0.05) is 28.6 Å². The Bertz CT molecular complexity index is 1180. The van der Waals surface area contributed by atoms with Crippen LogP contribution in [-0.4, -0.2) is 15.6 Å². The van der Waals surface area contributed by atoms with E-state index in [1.54, 1.807) is 12.1 Å². The molecule has 3 aromatic carbocycles. The van der Waals surface area contributed by atoms with Crippen LogP contribution in [-0.2, 0) is 0 Å². The van der Waals surface area contributed by atoms with Gasteiger partial charge in [-0.05, 0) is 29.8 Å². The lowest BCUT2D eigenvalue weighted by Crippen LogP contribution is -2.33. The van der Waals surface area contributed by atoms with E-state index in [1.165, 1.54) is 12.1 Å². The molecule has 5 rings (SSSR count). The summed E-state index contributed by atoms with van der Waals surface area (Å²) in [6, 6.07) is 20.0. The molecular weight excluding hydrogens is 425 g/mol. The highest BCUT2D eigenvalue weighted by molar-refractivity contribution is 6.32. The van der Waals surface area contributed by atoms with E-state index in [-0.39, 0.29) is 16.8 Å². The van der Waals surface area contributed by atoms with Crippen molar-refractivity contribution in [1.82, 2.24) is 5.01 Å².